The fourth-order valence-electron chi connectivity index (χ4n) is 4.01. The molecule has 3 heteroatoms. The van der Waals surface area contributed by atoms with Crippen LogP contribution in [0.15, 0.2) is 24.3 Å². The molecule has 1 saturated heterocycles. The number of ether oxygens (including phenoxy) is 1. The quantitative estimate of drug-likeness (QED) is 0.658. The summed E-state index contributed by atoms with van der Waals surface area (Å²) in [5.74, 6) is 7.60. The molecule has 1 aliphatic carbocycles. The van der Waals surface area contributed by atoms with Crippen LogP contribution in [0.1, 0.15) is 63.1 Å². The number of hydrazine groups is 1. The summed E-state index contributed by atoms with van der Waals surface area (Å²) in [6, 6.07) is 9.24. The molecular formula is C18H28N2O. The minimum Gasteiger partial charge on any atom is -0.375 e. The molecule has 1 heterocycles. The van der Waals surface area contributed by atoms with Crippen molar-refractivity contribution in [2.45, 2.75) is 64.2 Å². The third kappa shape index (κ3) is 2.75. The third-order valence-electron chi connectivity index (χ3n) is 5.76. The monoisotopic (exact) mass is 288 g/mol. The number of rotatable bonds is 4. The molecule has 0 radical (unpaired) electrons. The lowest BCUT2D eigenvalue weighted by Gasteiger charge is -2.30. The molecule has 1 aromatic carbocycles. The summed E-state index contributed by atoms with van der Waals surface area (Å²) in [4.78, 5) is 0. The maximum absolute atomic E-state index is 5.98. The molecule has 2 fully saturated rings. The molecule has 0 amide bonds. The van der Waals surface area contributed by atoms with Gasteiger partial charge in [0.25, 0.3) is 0 Å². The molecule has 1 aliphatic heterocycles. The Morgan fingerprint density at radius 1 is 1.10 bits per heavy atom. The summed E-state index contributed by atoms with van der Waals surface area (Å²) in [6.45, 7) is 6.60. The summed E-state index contributed by atoms with van der Waals surface area (Å²) in [7, 11) is 0. The van der Waals surface area contributed by atoms with Crippen LogP contribution >= 0.6 is 0 Å². The molecule has 1 aromatic rings. The maximum Gasteiger partial charge on any atom is 0.0601 e. The Kier molecular flexibility index (Phi) is 4.34. The molecule has 3 rings (SSSR count). The Labute approximate surface area is 128 Å². The van der Waals surface area contributed by atoms with Crippen molar-refractivity contribution in [3.63, 3.8) is 0 Å². The predicted octanol–water partition coefficient (Wildman–Crippen LogP) is 3.52. The molecule has 0 bridgehead atoms. The SMILES string of the molecule is CC1OC(C)C(C(NN)c2ccc(C3CCC3)cc2)C1C. The van der Waals surface area contributed by atoms with Gasteiger partial charge in [-0.3, -0.25) is 11.3 Å². The molecule has 5 atom stereocenters. The van der Waals surface area contributed by atoms with Crippen LogP contribution in [0.4, 0.5) is 0 Å². The summed E-state index contributed by atoms with van der Waals surface area (Å²) < 4.78 is 5.98. The van der Waals surface area contributed by atoms with Crippen LogP contribution in [0.2, 0.25) is 0 Å². The highest BCUT2D eigenvalue weighted by Crippen LogP contribution is 2.41. The molecule has 0 spiro atoms. The van der Waals surface area contributed by atoms with E-state index in [0.29, 0.717) is 17.9 Å². The number of hydrogen-bond donors (Lipinski definition) is 2. The van der Waals surface area contributed by atoms with E-state index in [1.54, 1.807) is 0 Å². The minimum atomic E-state index is 0.162. The van der Waals surface area contributed by atoms with Gasteiger partial charge in [0, 0.05) is 5.92 Å². The van der Waals surface area contributed by atoms with Gasteiger partial charge >= 0.3 is 0 Å². The van der Waals surface area contributed by atoms with E-state index in [1.165, 1.54) is 30.4 Å². The second-order valence-electron chi connectivity index (χ2n) is 6.92. The first kappa shape index (κ1) is 15.0. The van der Waals surface area contributed by atoms with Gasteiger partial charge in [-0.05, 0) is 49.7 Å². The second kappa shape index (κ2) is 6.07. The van der Waals surface area contributed by atoms with E-state index >= 15 is 0 Å². The number of nitrogens with one attached hydrogen (secondary N) is 1. The van der Waals surface area contributed by atoms with Crippen molar-refractivity contribution < 1.29 is 4.74 Å². The maximum atomic E-state index is 5.98. The highest BCUT2D eigenvalue weighted by Gasteiger charge is 2.41. The summed E-state index contributed by atoms with van der Waals surface area (Å²) in [6.07, 6.45) is 4.61. The van der Waals surface area contributed by atoms with Gasteiger partial charge in [-0.15, -0.1) is 0 Å². The predicted molar refractivity (Wildman–Crippen MR) is 85.8 cm³/mol. The summed E-state index contributed by atoms with van der Waals surface area (Å²) in [5.41, 5.74) is 5.80. The van der Waals surface area contributed by atoms with E-state index in [0.717, 1.165) is 5.92 Å². The molecule has 1 saturated carbocycles. The average molecular weight is 288 g/mol. The van der Waals surface area contributed by atoms with Crippen LogP contribution in [-0.4, -0.2) is 12.2 Å². The highest BCUT2D eigenvalue weighted by atomic mass is 16.5. The van der Waals surface area contributed by atoms with Crippen molar-refractivity contribution in [3.8, 4) is 0 Å². The van der Waals surface area contributed by atoms with E-state index in [1.807, 2.05) is 0 Å². The van der Waals surface area contributed by atoms with Gasteiger partial charge < -0.3 is 4.74 Å². The topological polar surface area (TPSA) is 47.3 Å². The lowest BCUT2D eigenvalue weighted by molar-refractivity contribution is 0.0475. The fourth-order valence-corrected chi connectivity index (χ4v) is 4.01. The van der Waals surface area contributed by atoms with E-state index in [9.17, 15) is 0 Å². The Balaban J connectivity index is 1.79. The lowest BCUT2D eigenvalue weighted by Crippen LogP contribution is -2.38. The van der Waals surface area contributed by atoms with Crippen molar-refractivity contribution in [2.75, 3.05) is 0 Å². The Morgan fingerprint density at radius 2 is 1.76 bits per heavy atom. The zero-order valence-electron chi connectivity index (χ0n) is 13.4. The molecule has 5 unspecified atom stereocenters. The van der Waals surface area contributed by atoms with Crippen molar-refractivity contribution in [3.05, 3.63) is 35.4 Å². The van der Waals surface area contributed by atoms with Gasteiger partial charge in [-0.25, -0.2) is 0 Å². The van der Waals surface area contributed by atoms with Gasteiger partial charge in [0.2, 0.25) is 0 Å². The summed E-state index contributed by atoms with van der Waals surface area (Å²) >= 11 is 0. The van der Waals surface area contributed by atoms with Crippen molar-refractivity contribution in [1.29, 1.82) is 0 Å². The van der Waals surface area contributed by atoms with Crippen LogP contribution < -0.4 is 11.3 Å². The Hall–Kier alpha value is -0.900. The number of hydrogen-bond acceptors (Lipinski definition) is 3. The Morgan fingerprint density at radius 3 is 2.19 bits per heavy atom. The van der Waals surface area contributed by atoms with Gasteiger partial charge in [-0.2, -0.15) is 0 Å². The lowest BCUT2D eigenvalue weighted by atomic mass is 9.78. The van der Waals surface area contributed by atoms with Crippen LogP contribution in [0.5, 0.6) is 0 Å². The van der Waals surface area contributed by atoms with Crippen molar-refractivity contribution in [2.24, 2.45) is 17.7 Å². The molecular weight excluding hydrogens is 260 g/mol. The standard InChI is InChI=1S/C18H28N2O/c1-11-12(2)21-13(3)17(11)18(20-19)16-9-7-15(8-10-16)14-5-4-6-14/h7-14,17-18,20H,4-6,19H2,1-3H3. The van der Waals surface area contributed by atoms with Crippen LogP contribution in [0.3, 0.4) is 0 Å². The van der Waals surface area contributed by atoms with Crippen LogP contribution in [-0.2, 0) is 4.74 Å². The molecule has 3 nitrogen and oxygen atoms in total. The first-order valence-corrected chi connectivity index (χ1v) is 8.33. The van der Waals surface area contributed by atoms with E-state index in [2.05, 4.69) is 50.5 Å². The van der Waals surface area contributed by atoms with Crippen molar-refractivity contribution in [1.82, 2.24) is 5.43 Å². The van der Waals surface area contributed by atoms with Crippen LogP contribution in [0, 0.1) is 11.8 Å². The average Bonchev–Trinajstić information content (AvgIpc) is 2.66. The molecule has 3 N–H and O–H groups in total. The van der Waals surface area contributed by atoms with E-state index in [4.69, 9.17) is 10.6 Å². The van der Waals surface area contributed by atoms with Gasteiger partial charge in [0.15, 0.2) is 0 Å². The zero-order chi connectivity index (χ0) is 15.0. The summed E-state index contributed by atoms with van der Waals surface area (Å²) in [5, 5.41) is 0. The highest BCUT2D eigenvalue weighted by molar-refractivity contribution is 5.29. The first-order valence-electron chi connectivity index (χ1n) is 8.33. The minimum absolute atomic E-state index is 0.162. The molecule has 21 heavy (non-hydrogen) atoms. The molecule has 2 aliphatic rings. The van der Waals surface area contributed by atoms with Crippen LogP contribution in [0.25, 0.3) is 0 Å². The fraction of sp³-hybridized carbons (Fsp3) is 0.667. The Bertz CT molecular complexity index is 469. The molecule has 116 valence electrons. The third-order valence-corrected chi connectivity index (χ3v) is 5.76. The first-order chi connectivity index (χ1) is 10.1. The van der Waals surface area contributed by atoms with Gasteiger partial charge in [0.05, 0.1) is 18.2 Å². The number of nitrogens with two attached hydrogens (primary N) is 1. The second-order valence-corrected chi connectivity index (χ2v) is 6.92. The smallest absolute Gasteiger partial charge is 0.0601 e. The molecule has 0 aromatic heterocycles. The van der Waals surface area contributed by atoms with Crippen molar-refractivity contribution >= 4 is 0 Å². The normalized spacial score (nSPS) is 34.7. The van der Waals surface area contributed by atoms with E-state index < -0.39 is 0 Å². The number of benzene rings is 1. The zero-order valence-corrected chi connectivity index (χ0v) is 13.4. The van der Waals surface area contributed by atoms with E-state index in [-0.39, 0.29) is 12.1 Å². The largest absolute Gasteiger partial charge is 0.375 e. The van der Waals surface area contributed by atoms with Gasteiger partial charge in [-0.1, -0.05) is 37.6 Å². The van der Waals surface area contributed by atoms with Gasteiger partial charge in [0.1, 0.15) is 0 Å².